The van der Waals surface area contributed by atoms with Crippen LogP contribution in [0.2, 0.25) is 0 Å². The van der Waals surface area contributed by atoms with Gasteiger partial charge in [0.05, 0.1) is 5.56 Å². The highest BCUT2D eigenvalue weighted by Crippen LogP contribution is 2.35. The molecular formula is C40H45NO5. The topological polar surface area (TPSA) is 87.1 Å². The SMILES string of the molecule is O=C(O)CCCCN(CCc1ccccc1OCc1ccc(CCc2ccccc2)cc1)C1CCCCc2cc(C(=O)O)ccc21. The van der Waals surface area contributed by atoms with Crippen molar-refractivity contribution in [2.75, 3.05) is 13.1 Å². The fraction of sp³-hybridized carbons (Fsp3) is 0.350. The first-order valence-electron chi connectivity index (χ1n) is 16.6. The molecule has 0 aromatic heterocycles. The number of carbonyl (C=O) groups is 2. The van der Waals surface area contributed by atoms with E-state index in [4.69, 9.17) is 4.74 Å². The van der Waals surface area contributed by atoms with Gasteiger partial charge in [-0.3, -0.25) is 9.69 Å². The Morgan fingerprint density at radius 3 is 2.22 bits per heavy atom. The maximum absolute atomic E-state index is 11.7. The summed E-state index contributed by atoms with van der Waals surface area (Å²) in [6.07, 6.45) is 8.40. The highest BCUT2D eigenvalue weighted by molar-refractivity contribution is 5.88. The zero-order chi connectivity index (χ0) is 32.1. The molecule has 4 aromatic carbocycles. The zero-order valence-electron chi connectivity index (χ0n) is 26.6. The lowest BCUT2D eigenvalue weighted by Gasteiger charge is -2.33. The molecule has 1 aliphatic rings. The molecule has 5 rings (SSSR count). The van der Waals surface area contributed by atoms with Gasteiger partial charge in [-0.05, 0) is 109 Å². The van der Waals surface area contributed by atoms with E-state index in [0.717, 1.165) is 86.9 Å². The van der Waals surface area contributed by atoms with Crippen molar-refractivity contribution in [1.82, 2.24) is 4.90 Å². The Morgan fingerprint density at radius 1 is 0.739 bits per heavy atom. The number of hydrogen-bond donors (Lipinski definition) is 2. The summed E-state index contributed by atoms with van der Waals surface area (Å²) >= 11 is 0. The maximum atomic E-state index is 11.7. The van der Waals surface area contributed by atoms with Gasteiger partial charge < -0.3 is 14.9 Å². The molecule has 6 nitrogen and oxygen atoms in total. The number of benzene rings is 4. The van der Waals surface area contributed by atoms with Crippen molar-refractivity contribution in [1.29, 1.82) is 0 Å². The van der Waals surface area contributed by atoms with E-state index in [1.165, 1.54) is 16.7 Å². The van der Waals surface area contributed by atoms with Crippen LogP contribution in [-0.2, 0) is 37.1 Å². The molecule has 1 unspecified atom stereocenters. The number of para-hydroxylation sites is 1. The van der Waals surface area contributed by atoms with Crippen molar-refractivity contribution in [3.05, 3.63) is 136 Å². The molecule has 1 atom stereocenters. The summed E-state index contributed by atoms with van der Waals surface area (Å²) in [5.74, 6) is -0.779. The Balaban J connectivity index is 1.24. The summed E-state index contributed by atoms with van der Waals surface area (Å²) in [5.41, 5.74) is 7.60. The zero-order valence-corrected chi connectivity index (χ0v) is 26.6. The van der Waals surface area contributed by atoms with Crippen molar-refractivity contribution in [3.8, 4) is 5.75 Å². The molecule has 0 aliphatic heterocycles. The van der Waals surface area contributed by atoms with E-state index in [0.29, 0.717) is 18.6 Å². The average Bonchev–Trinajstić information content (AvgIpc) is 3.29. The van der Waals surface area contributed by atoms with Crippen LogP contribution in [0.25, 0.3) is 0 Å². The number of nitrogens with zero attached hydrogens (tertiary/aromatic N) is 1. The number of carboxylic acid groups (broad SMARTS) is 2. The van der Waals surface area contributed by atoms with Crippen LogP contribution in [0.3, 0.4) is 0 Å². The summed E-state index contributed by atoms with van der Waals surface area (Å²) in [6.45, 7) is 2.09. The van der Waals surface area contributed by atoms with Crippen LogP contribution in [0.15, 0.2) is 97.1 Å². The lowest BCUT2D eigenvalue weighted by Crippen LogP contribution is -2.32. The van der Waals surface area contributed by atoms with Gasteiger partial charge in [0.15, 0.2) is 0 Å². The number of aliphatic carboxylic acids is 1. The van der Waals surface area contributed by atoms with Crippen molar-refractivity contribution >= 4 is 11.9 Å². The van der Waals surface area contributed by atoms with Gasteiger partial charge in [0.25, 0.3) is 0 Å². The molecule has 0 saturated carbocycles. The van der Waals surface area contributed by atoms with E-state index in [-0.39, 0.29) is 12.5 Å². The minimum atomic E-state index is -0.898. The molecule has 240 valence electrons. The third-order valence-corrected chi connectivity index (χ3v) is 9.05. The quantitative estimate of drug-likeness (QED) is 0.0969. The summed E-state index contributed by atoms with van der Waals surface area (Å²) < 4.78 is 6.37. The van der Waals surface area contributed by atoms with Crippen LogP contribution in [0.4, 0.5) is 0 Å². The first kappa shape index (κ1) is 33.0. The van der Waals surface area contributed by atoms with Crippen LogP contribution in [0, 0.1) is 0 Å². The number of carboxylic acids is 2. The number of ether oxygens (including phenoxy) is 1. The smallest absolute Gasteiger partial charge is 0.335 e. The molecule has 1 aliphatic carbocycles. The number of aromatic carboxylic acids is 1. The second-order valence-electron chi connectivity index (χ2n) is 12.3. The lowest BCUT2D eigenvalue weighted by atomic mass is 9.95. The molecule has 0 fully saturated rings. The minimum Gasteiger partial charge on any atom is -0.489 e. The van der Waals surface area contributed by atoms with E-state index in [1.807, 2.05) is 30.3 Å². The van der Waals surface area contributed by atoms with Gasteiger partial charge in [-0.15, -0.1) is 0 Å². The second kappa shape index (κ2) is 16.8. The molecule has 2 N–H and O–H groups in total. The van der Waals surface area contributed by atoms with Gasteiger partial charge in [0.1, 0.15) is 12.4 Å². The fourth-order valence-electron chi connectivity index (χ4n) is 6.49. The number of fused-ring (bicyclic) bond motifs is 1. The second-order valence-corrected chi connectivity index (χ2v) is 12.3. The summed E-state index contributed by atoms with van der Waals surface area (Å²) in [6, 6.07) is 33.2. The number of aryl methyl sites for hydroxylation is 3. The van der Waals surface area contributed by atoms with Crippen molar-refractivity contribution in [2.24, 2.45) is 0 Å². The van der Waals surface area contributed by atoms with Gasteiger partial charge in [-0.25, -0.2) is 4.79 Å². The Labute approximate surface area is 272 Å². The molecule has 0 radical (unpaired) electrons. The first-order valence-corrected chi connectivity index (χ1v) is 16.6. The van der Waals surface area contributed by atoms with E-state index in [9.17, 15) is 19.8 Å². The maximum Gasteiger partial charge on any atom is 0.335 e. The highest BCUT2D eigenvalue weighted by Gasteiger charge is 2.25. The van der Waals surface area contributed by atoms with E-state index >= 15 is 0 Å². The van der Waals surface area contributed by atoms with Crippen LogP contribution >= 0.6 is 0 Å². The van der Waals surface area contributed by atoms with Gasteiger partial charge in [0, 0.05) is 19.0 Å². The molecule has 0 saturated heterocycles. The number of unbranched alkanes of at least 4 members (excludes halogenated alkanes) is 1. The van der Waals surface area contributed by atoms with Crippen LogP contribution in [0.5, 0.6) is 5.75 Å². The standard InChI is InChI=1S/C40H45NO5/c42-39(43)16-8-9-26-41(37-14-6-4-13-34-28-35(40(44)45)23-24-36(34)37)27-25-33-12-5-7-15-38(33)46-29-32-21-19-31(20-22-32)18-17-30-10-2-1-3-11-30/h1-3,5,7,10-12,15,19-24,28,37H,4,6,8-9,13-14,16-18,25-27,29H2,(H,42,43)(H,44,45). The number of hydrogen-bond acceptors (Lipinski definition) is 4. The molecule has 0 spiro atoms. The van der Waals surface area contributed by atoms with E-state index in [2.05, 4.69) is 65.6 Å². The third-order valence-electron chi connectivity index (χ3n) is 9.05. The molecular weight excluding hydrogens is 574 g/mol. The van der Waals surface area contributed by atoms with Crippen molar-refractivity contribution < 1.29 is 24.5 Å². The van der Waals surface area contributed by atoms with Gasteiger partial charge >= 0.3 is 11.9 Å². The average molecular weight is 620 g/mol. The minimum absolute atomic E-state index is 0.165. The number of rotatable bonds is 16. The molecule has 6 heteroatoms. The lowest BCUT2D eigenvalue weighted by molar-refractivity contribution is -0.137. The normalized spacial score (nSPS) is 14.4. The van der Waals surface area contributed by atoms with Gasteiger partial charge in [0.2, 0.25) is 0 Å². The fourth-order valence-corrected chi connectivity index (χ4v) is 6.49. The van der Waals surface area contributed by atoms with Gasteiger partial charge in [-0.2, -0.15) is 0 Å². The molecule has 0 heterocycles. The Hall–Kier alpha value is -4.42. The monoisotopic (exact) mass is 619 g/mol. The van der Waals surface area contributed by atoms with Crippen molar-refractivity contribution in [3.63, 3.8) is 0 Å². The third kappa shape index (κ3) is 9.54. The predicted molar refractivity (Wildman–Crippen MR) is 182 cm³/mol. The summed E-state index contributed by atoms with van der Waals surface area (Å²) in [4.78, 5) is 25.3. The van der Waals surface area contributed by atoms with Crippen molar-refractivity contribution in [2.45, 2.75) is 76.9 Å². The molecule has 0 bridgehead atoms. The summed E-state index contributed by atoms with van der Waals surface area (Å²) in [7, 11) is 0. The molecule has 4 aromatic rings. The Morgan fingerprint density at radius 2 is 1.46 bits per heavy atom. The Kier molecular flexibility index (Phi) is 12.0. The summed E-state index contributed by atoms with van der Waals surface area (Å²) in [5, 5.41) is 18.8. The Bertz CT molecular complexity index is 1570. The van der Waals surface area contributed by atoms with Crippen LogP contribution in [0.1, 0.15) is 88.3 Å². The van der Waals surface area contributed by atoms with E-state index in [1.54, 1.807) is 6.07 Å². The molecule has 0 amide bonds. The highest BCUT2D eigenvalue weighted by atomic mass is 16.5. The predicted octanol–water partition coefficient (Wildman–Crippen LogP) is 8.32. The van der Waals surface area contributed by atoms with Crippen LogP contribution in [-0.4, -0.2) is 40.1 Å². The van der Waals surface area contributed by atoms with Crippen LogP contribution < -0.4 is 4.74 Å². The van der Waals surface area contributed by atoms with E-state index < -0.39 is 11.9 Å². The largest absolute Gasteiger partial charge is 0.489 e. The van der Waals surface area contributed by atoms with Gasteiger partial charge in [-0.1, -0.05) is 85.3 Å². The molecule has 46 heavy (non-hydrogen) atoms. The first-order chi connectivity index (χ1) is 22.5.